The van der Waals surface area contributed by atoms with E-state index in [1.165, 1.54) is 18.2 Å². The fraction of sp³-hybridized carbons (Fsp3) is 0.750. The van der Waals surface area contributed by atoms with Gasteiger partial charge in [0, 0.05) is 50.7 Å². The van der Waals surface area contributed by atoms with Crippen molar-refractivity contribution in [1.82, 2.24) is 19.8 Å². The monoisotopic (exact) mass is 491 g/mol. The van der Waals surface area contributed by atoms with E-state index in [4.69, 9.17) is 16.6 Å². The van der Waals surface area contributed by atoms with Crippen LogP contribution in [-0.2, 0) is 9.59 Å². The molecule has 2 bridgehead atoms. The van der Waals surface area contributed by atoms with E-state index < -0.39 is 0 Å². The third-order valence-corrected chi connectivity index (χ3v) is 8.59. The first kappa shape index (κ1) is 23.2. The number of piperazine rings is 1. The summed E-state index contributed by atoms with van der Waals surface area (Å²) in [5, 5.41) is 0.925. The smallest absolute Gasteiger partial charge is 0.233 e. The SMILES string of the molecule is CC1(C)CC2CC(C)(CN2C(=O)CSc2nc(Cl)cc(N3CCN(C(=O)C4CC4)CC3)n2)C1. The van der Waals surface area contributed by atoms with Crippen molar-refractivity contribution in [3.8, 4) is 0 Å². The number of aromatic nitrogens is 2. The first-order valence-corrected chi connectivity index (χ1v) is 13.5. The molecule has 2 aliphatic heterocycles. The van der Waals surface area contributed by atoms with Crippen molar-refractivity contribution in [1.29, 1.82) is 0 Å². The summed E-state index contributed by atoms with van der Waals surface area (Å²) in [6.45, 7) is 10.7. The van der Waals surface area contributed by atoms with Crippen LogP contribution in [-0.4, -0.2) is 76.1 Å². The van der Waals surface area contributed by atoms with Gasteiger partial charge in [-0.15, -0.1) is 0 Å². The third-order valence-electron chi connectivity index (χ3n) is 7.56. The highest BCUT2D eigenvalue weighted by molar-refractivity contribution is 7.99. The topological polar surface area (TPSA) is 69.6 Å². The maximum Gasteiger partial charge on any atom is 0.233 e. The van der Waals surface area contributed by atoms with E-state index in [9.17, 15) is 9.59 Å². The van der Waals surface area contributed by atoms with E-state index in [-0.39, 0.29) is 22.7 Å². The molecule has 0 aromatic carbocycles. The quantitative estimate of drug-likeness (QED) is 0.355. The van der Waals surface area contributed by atoms with Gasteiger partial charge >= 0.3 is 0 Å². The predicted molar refractivity (Wildman–Crippen MR) is 131 cm³/mol. The van der Waals surface area contributed by atoms with E-state index in [1.54, 1.807) is 6.07 Å². The van der Waals surface area contributed by atoms with Gasteiger partial charge in [0.1, 0.15) is 11.0 Å². The molecule has 4 fully saturated rings. The van der Waals surface area contributed by atoms with Crippen LogP contribution in [0.3, 0.4) is 0 Å². The zero-order valence-corrected chi connectivity index (χ0v) is 21.4. The molecular formula is C24H34ClN5O2S. The Labute approximate surface area is 205 Å². The third kappa shape index (κ3) is 5.11. The van der Waals surface area contributed by atoms with Crippen molar-refractivity contribution >= 4 is 41.0 Å². The number of thioether (sulfide) groups is 1. The summed E-state index contributed by atoms with van der Waals surface area (Å²) in [5.74, 6) is 1.83. The van der Waals surface area contributed by atoms with Gasteiger partial charge in [-0.1, -0.05) is 44.1 Å². The lowest BCUT2D eigenvalue weighted by Crippen LogP contribution is -2.49. The Balaban J connectivity index is 1.19. The maximum atomic E-state index is 13.1. The lowest BCUT2D eigenvalue weighted by molar-refractivity contribution is -0.133. The molecule has 1 aromatic heterocycles. The van der Waals surface area contributed by atoms with Crippen LogP contribution < -0.4 is 4.90 Å². The summed E-state index contributed by atoms with van der Waals surface area (Å²) in [6, 6.07) is 2.12. The number of carbonyl (C=O) groups is 2. The standard InChI is InChI=1S/C24H34ClN5O2S/c1-23(2)11-17-12-24(3,14-23)15-30(17)20(31)13-33-22-26-18(25)10-19(27-22)28-6-8-29(9-7-28)21(32)16-4-5-16/h10,16-17H,4-9,11-15H2,1-3H3. The fourth-order valence-corrected chi connectivity index (χ4v) is 7.28. The van der Waals surface area contributed by atoms with Crippen molar-refractivity contribution in [2.75, 3.05) is 43.4 Å². The summed E-state index contributed by atoms with van der Waals surface area (Å²) in [5.41, 5.74) is 0.521. The molecule has 5 rings (SSSR count). The molecule has 2 saturated heterocycles. The summed E-state index contributed by atoms with van der Waals surface area (Å²) < 4.78 is 0. The molecule has 33 heavy (non-hydrogen) atoms. The molecule has 0 N–H and O–H groups in total. The Kier molecular flexibility index (Phi) is 6.05. The number of amides is 2. The molecule has 2 unspecified atom stereocenters. The van der Waals surface area contributed by atoms with E-state index in [1.807, 2.05) is 4.90 Å². The maximum absolute atomic E-state index is 13.1. The molecule has 9 heteroatoms. The molecule has 2 aliphatic carbocycles. The van der Waals surface area contributed by atoms with Crippen LogP contribution in [0.1, 0.15) is 52.9 Å². The average molecular weight is 492 g/mol. The van der Waals surface area contributed by atoms with Crippen LogP contribution in [0.15, 0.2) is 11.2 Å². The first-order valence-electron chi connectivity index (χ1n) is 12.1. The molecule has 4 aliphatic rings. The van der Waals surface area contributed by atoms with Gasteiger partial charge in [-0.2, -0.15) is 0 Å². The van der Waals surface area contributed by atoms with Crippen LogP contribution in [0.5, 0.6) is 0 Å². The lowest BCUT2D eigenvalue weighted by Gasteiger charge is -2.39. The Hall–Kier alpha value is -1.54. The molecule has 3 heterocycles. The zero-order chi connectivity index (χ0) is 23.4. The summed E-state index contributed by atoms with van der Waals surface area (Å²) in [4.78, 5) is 40.7. The molecule has 1 aromatic rings. The second kappa shape index (κ2) is 8.59. The molecule has 2 saturated carbocycles. The van der Waals surface area contributed by atoms with Crippen LogP contribution in [0, 0.1) is 16.7 Å². The molecule has 7 nitrogen and oxygen atoms in total. The number of rotatable bonds is 5. The number of fused-ring (bicyclic) bond motifs is 2. The Morgan fingerprint density at radius 2 is 1.85 bits per heavy atom. The molecule has 2 amide bonds. The van der Waals surface area contributed by atoms with Crippen molar-refractivity contribution in [3.63, 3.8) is 0 Å². The minimum atomic E-state index is 0.170. The Morgan fingerprint density at radius 3 is 2.55 bits per heavy atom. The van der Waals surface area contributed by atoms with Gasteiger partial charge in [0.25, 0.3) is 0 Å². The molecular weight excluding hydrogens is 458 g/mol. The van der Waals surface area contributed by atoms with Crippen LogP contribution in [0.2, 0.25) is 5.15 Å². The fourth-order valence-electron chi connectivity index (χ4n) is 6.32. The molecule has 0 radical (unpaired) electrons. The van der Waals surface area contributed by atoms with Gasteiger partial charge in [-0.25, -0.2) is 9.97 Å². The van der Waals surface area contributed by atoms with Crippen LogP contribution >= 0.6 is 23.4 Å². The number of carbonyl (C=O) groups excluding carboxylic acids is 2. The van der Waals surface area contributed by atoms with Gasteiger partial charge in [0.15, 0.2) is 5.16 Å². The molecule has 180 valence electrons. The highest BCUT2D eigenvalue weighted by Gasteiger charge is 2.50. The van der Waals surface area contributed by atoms with Gasteiger partial charge in [0.2, 0.25) is 11.8 Å². The highest BCUT2D eigenvalue weighted by atomic mass is 35.5. The van der Waals surface area contributed by atoms with Gasteiger partial charge in [-0.05, 0) is 42.9 Å². The number of anilines is 1. The zero-order valence-electron chi connectivity index (χ0n) is 19.8. The summed E-state index contributed by atoms with van der Waals surface area (Å²) >= 11 is 7.68. The second-order valence-electron chi connectivity index (χ2n) is 11.4. The van der Waals surface area contributed by atoms with E-state index >= 15 is 0 Å². The van der Waals surface area contributed by atoms with Crippen molar-refractivity contribution in [2.45, 2.75) is 64.1 Å². The minimum absolute atomic E-state index is 0.170. The number of likely N-dealkylation sites (tertiary alicyclic amines) is 1. The number of hydrogen-bond acceptors (Lipinski definition) is 6. The molecule has 2 atom stereocenters. The highest BCUT2D eigenvalue weighted by Crippen LogP contribution is 2.52. The first-order chi connectivity index (χ1) is 15.6. The molecule has 0 spiro atoms. The van der Waals surface area contributed by atoms with Crippen molar-refractivity contribution < 1.29 is 9.59 Å². The average Bonchev–Trinajstić information content (AvgIpc) is 3.55. The normalized spacial score (nSPS) is 28.8. The largest absolute Gasteiger partial charge is 0.353 e. The Bertz CT molecular complexity index is 947. The summed E-state index contributed by atoms with van der Waals surface area (Å²) in [6.07, 6.45) is 5.43. The number of hydrogen-bond donors (Lipinski definition) is 0. The second-order valence-corrected chi connectivity index (χ2v) is 12.8. The van der Waals surface area contributed by atoms with Crippen LogP contribution in [0.4, 0.5) is 5.82 Å². The number of halogens is 1. The van der Waals surface area contributed by atoms with Crippen molar-refractivity contribution in [2.24, 2.45) is 16.7 Å². The summed E-state index contributed by atoms with van der Waals surface area (Å²) in [7, 11) is 0. The predicted octanol–water partition coefficient (Wildman–Crippen LogP) is 3.71. The van der Waals surface area contributed by atoms with E-state index in [0.717, 1.165) is 51.1 Å². The van der Waals surface area contributed by atoms with Gasteiger partial charge in [0.05, 0.1) is 5.75 Å². The Morgan fingerprint density at radius 1 is 1.12 bits per heavy atom. The van der Waals surface area contributed by atoms with Crippen LogP contribution in [0.25, 0.3) is 0 Å². The van der Waals surface area contributed by atoms with Crippen molar-refractivity contribution in [3.05, 3.63) is 11.2 Å². The minimum Gasteiger partial charge on any atom is -0.353 e. The van der Waals surface area contributed by atoms with Gasteiger partial charge < -0.3 is 14.7 Å². The lowest BCUT2D eigenvalue weighted by atomic mass is 9.65. The number of nitrogens with zero attached hydrogens (tertiary/aromatic N) is 5. The van der Waals surface area contributed by atoms with E-state index in [2.05, 4.69) is 35.6 Å². The van der Waals surface area contributed by atoms with E-state index in [0.29, 0.717) is 41.1 Å². The van der Waals surface area contributed by atoms with Gasteiger partial charge in [-0.3, -0.25) is 9.59 Å².